The van der Waals surface area contributed by atoms with Gasteiger partial charge in [0.1, 0.15) is 6.04 Å². The summed E-state index contributed by atoms with van der Waals surface area (Å²) in [5, 5.41) is 13.0. The fourth-order valence-electron chi connectivity index (χ4n) is 5.50. The number of carbonyl (C=O) groups is 4. The summed E-state index contributed by atoms with van der Waals surface area (Å²) in [5.41, 5.74) is -0.454. The van der Waals surface area contributed by atoms with Crippen molar-refractivity contribution < 1.29 is 29.0 Å². The SMILES string of the molecule is CC.CC(C)[C@@H](CN(C)CC(=O)N1CC(O)C[C@H]1C)N(C)C(=O)C(NC(=O)C1CCCCN1C)C(C)(C)C.COC=O. The highest BCUT2D eigenvalue weighted by Gasteiger charge is 2.39. The second kappa shape index (κ2) is 19.1. The van der Waals surface area contributed by atoms with Crippen molar-refractivity contribution in [3.05, 3.63) is 0 Å². The summed E-state index contributed by atoms with van der Waals surface area (Å²) >= 11 is 0. The van der Waals surface area contributed by atoms with Crippen molar-refractivity contribution in [2.75, 3.05) is 54.4 Å². The predicted molar refractivity (Wildman–Crippen MR) is 167 cm³/mol. The van der Waals surface area contributed by atoms with E-state index in [1.807, 2.05) is 60.5 Å². The number of aliphatic hydroxyl groups is 1. The molecule has 2 heterocycles. The third kappa shape index (κ3) is 12.6. The Bertz CT molecular complexity index is 833. The molecule has 11 heteroatoms. The predicted octanol–water partition coefficient (Wildman–Crippen LogP) is 2.21. The van der Waals surface area contributed by atoms with Crippen molar-refractivity contribution in [1.29, 1.82) is 0 Å². The van der Waals surface area contributed by atoms with E-state index in [0.717, 1.165) is 25.8 Å². The van der Waals surface area contributed by atoms with E-state index in [9.17, 15) is 19.5 Å². The van der Waals surface area contributed by atoms with Crippen LogP contribution in [0.1, 0.15) is 81.1 Å². The molecular weight excluding hydrogens is 538 g/mol. The fourth-order valence-corrected chi connectivity index (χ4v) is 5.50. The van der Waals surface area contributed by atoms with Crippen LogP contribution in [0.2, 0.25) is 0 Å². The smallest absolute Gasteiger partial charge is 0.292 e. The van der Waals surface area contributed by atoms with Gasteiger partial charge in [0.25, 0.3) is 6.47 Å². The Morgan fingerprint density at radius 1 is 1.14 bits per heavy atom. The number of carbonyl (C=O) groups excluding carboxylic acids is 4. The Morgan fingerprint density at radius 2 is 1.71 bits per heavy atom. The minimum absolute atomic E-state index is 0.00512. The first-order chi connectivity index (χ1) is 19.5. The van der Waals surface area contributed by atoms with Gasteiger partial charge in [0.2, 0.25) is 17.7 Å². The summed E-state index contributed by atoms with van der Waals surface area (Å²) in [6.45, 7) is 18.5. The van der Waals surface area contributed by atoms with Crippen LogP contribution < -0.4 is 5.32 Å². The molecule has 2 aliphatic rings. The number of rotatable bonds is 10. The zero-order valence-corrected chi connectivity index (χ0v) is 28.5. The number of β-amino-alcohol motifs (C(OH)–C–C–N with tert-alkyl or cyclic N) is 1. The van der Waals surface area contributed by atoms with Crippen LogP contribution in [0.15, 0.2) is 0 Å². The van der Waals surface area contributed by atoms with E-state index in [1.54, 1.807) is 16.8 Å². The molecule has 11 nitrogen and oxygen atoms in total. The minimum Gasteiger partial charge on any atom is -0.471 e. The summed E-state index contributed by atoms with van der Waals surface area (Å²) in [5.74, 6) is -0.0343. The zero-order chi connectivity index (χ0) is 32.8. The first-order valence-corrected chi connectivity index (χ1v) is 15.4. The van der Waals surface area contributed by atoms with Gasteiger partial charge >= 0.3 is 0 Å². The van der Waals surface area contributed by atoms with Crippen LogP contribution in [0.25, 0.3) is 0 Å². The fraction of sp³-hybridized carbons (Fsp3) is 0.871. The van der Waals surface area contributed by atoms with Crippen LogP contribution in [0.4, 0.5) is 0 Å². The van der Waals surface area contributed by atoms with Crippen LogP contribution in [-0.2, 0) is 23.9 Å². The number of likely N-dealkylation sites (N-methyl/N-ethyl adjacent to an activating group) is 3. The molecule has 246 valence electrons. The average Bonchev–Trinajstić information content (AvgIpc) is 3.27. The average molecular weight is 600 g/mol. The monoisotopic (exact) mass is 599 g/mol. The number of nitrogens with zero attached hydrogens (tertiary/aromatic N) is 4. The van der Waals surface area contributed by atoms with Crippen molar-refractivity contribution >= 4 is 24.2 Å². The molecule has 3 unspecified atom stereocenters. The van der Waals surface area contributed by atoms with E-state index in [2.05, 4.69) is 28.8 Å². The number of aliphatic hydroxyl groups excluding tert-OH is 1. The maximum Gasteiger partial charge on any atom is 0.292 e. The number of piperidine rings is 1. The third-order valence-corrected chi connectivity index (χ3v) is 7.96. The maximum atomic E-state index is 13.8. The quantitative estimate of drug-likeness (QED) is 0.367. The van der Waals surface area contributed by atoms with Crippen molar-refractivity contribution in [3.63, 3.8) is 0 Å². The van der Waals surface area contributed by atoms with Crippen molar-refractivity contribution in [3.8, 4) is 0 Å². The lowest BCUT2D eigenvalue weighted by Crippen LogP contribution is -2.60. The number of nitrogens with one attached hydrogen (secondary N) is 1. The Hall–Kier alpha value is -2.24. The number of hydrogen-bond donors (Lipinski definition) is 2. The van der Waals surface area contributed by atoms with Crippen LogP contribution in [-0.4, -0.2) is 134 Å². The molecule has 0 spiro atoms. The normalized spacial score (nSPS) is 22.3. The van der Waals surface area contributed by atoms with Gasteiger partial charge in [-0.15, -0.1) is 0 Å². The zero-order valence-electron chi connectivity index (χ0n) is 28.5. The van der Waals surface area contributed by atoms with Gasteiger partial charge in [-0.3, -0.25) is 29.0 Å². The molecule has 2 aliphatic heterocycles. The molecule has 2 saturated heterocycles. The molecule has 0 radical (unpaired) electrons. The first kappa shape index (κ1) is 39.8. The van der Waals surface area contributed by atoms with E-state index >= 15 is 0 Å². The molecule has 0 aromatic rings. The van der Waals surface area contributed by atoms with Gasteiger partial charge < -0.3 is 25.0 Å². The molecule has 3 amide bonds. The van der Waals surface area contributed by atoms with Gasteiger partial charge in [-0.05, 0) is 58.2 Å². The standard InChI is InChI=1S/C27H51N5O4.C2H4O2.C2H6/c1-18(2)22(16-29(7)17-23(34)32-15-20(33)14-19(32)3)31(9)26(36)24(27(4,5)6)28-25(35)21-12-10-11-13-30(21)8;1-4-2-3;1-2/h18-22,24,33H,10-17H2,1-9H3,(H,28,35);2H,1H3;1-2H3/t19-,20?,21?,22-,24?;;/m1../s1. The molecule has 2 N–H and O–H groups in total. The Morgan fingerprint density at radius 3 is 2.14 bits per heavy atom. The molecular formula is C31H61N5O6. The summed E-state index contributed by atoms with van der Waals surface area (Å²) in [6, 6.07) is -0.946. The summed E-state index contributed by atoms with van der Waals surface area (Å²) in [6.07, 6.45) is 3.07. The van der Waals surface area contributed by atoms with E-state index in [-0.39, 0.29) is 48.3 Å². The Labute approximate surface area is 255 Å². The lowest BCUT2D eigenvalue weighted by atomic mass is 9.84. The molecule has 0 aromatic heterocycles. The molecule has 0 aliphatic carbocycles. The number of hydrogen-bond acceptors (Lipinski definition) is 8. The Kier molecular flexibility index (Phi) is 18.1. The maximum absolute atomic E-state index is 13.8. The van der Waals surface area contributed by atoms with Gasteiger partial charge in [-0.25, -0.2) is 0 Å². The third-order valence-electron chi connectivity index (χ3n) is 7.96. The lowest BCUT2D eigenvalue weighted by molar-refractivity contribution is -0.142. The van der Waals surface area contributed by atoms with Gasteiger partial charge in [-0.2, -0.15) is 0 Å². The summed E-state index contributed by atoms with van der Waals surface area (Å²) in [7, 11) is 6.98. The largest absolute Gasteiger partial charge is 0.471 e. The topological polar surface area (TPSA) is 123 Å². The van der Waals surface area contributed by atoms with E-state index in [1.165, 1.54) is 7.11 Å². The van der Waals surface area contributed by atoms with E-state index < -0.39 is 17.6 Å². The van der Waals surface area contributed by atoms with Crippen molar-refractivity contribution in [2.24, 2.45) is 11.3 Å². The van der Waals surface area contributed by atoms with Gasteiger partial charge in [0.05, 0.1) is 25.8 Å². The molecule has 2 rings (SSSR count). The number of methoxy groups -OCH3 is 1. The van der Waals surface area contributed by atoms with E-state index in [4.69, 9.17) is 4.79 Å². The number of amides is 3. The van der Waals surface area contributed by atoms with E-state index in [0.29, 0.717) is 26.0 Å². The highest BCUT2D eigenvalue weighted by atomic mass is 16.5. The second-order valence-corrected chi connectivity index (χ2v) is 12.9. The van der Waals surface area contributed by atoms with Gasteiger partial charge in [-0.1, -0.05) is 54.9 Å². The summed E-state index contributed by atoms with van der Waals surface area (Å²) in [4.78, 5) is 56.3. The number of ether oxygens (including phenoxy) is 1. The van der Waals surface area contributed by atoms with Crippen molar-refractivity contribution in [2.45, 2.75) is 111 Å². The van der Waals surface area contributed by atoms with Crippen LogP contribution in [0.3, 0.4) is 0 Å². The second-order valence-electron chi connectivity index (χ2n) is 12.9. The molecule has 42 heavy (non-hydrogen) atoms. The molecule has 0 aromatic carbocycles. The lowest BCUT2D eigenvalue weighted by Gasteiger charge is -2.40. The summed E-state index contributed by atoms with van der Waals surface area (Å²) < 4.78 is 3.86. The molecule has 2 fully saturated rings. The first-order valence-electron chi connectivity index (χ1n) is 15.4. The Balaban J connectivity index is 0.00000257. The molecule has 0 saturated carbocycles. The molecule has 5 atom stereocenters. The van der Waals surface area contributed by atoms with Crippen molar-refractivity contribution in [1.82, 2.24) is 24.9 Å². The van der Waals surface area contributed by atoms with Crippen LogP contribution in [0.5, 0.6) is 0 Å². The molecule has 0 bridgehead atoms. The van der Waals surface area contributed by atoms with Crippen LogP contribution in [0, 0.1) is 11.3 Å². The number of likely N-dealkylation sites (tertiary alicyclic amines) is 2. The highest BCUT2D eigenvalue weighted by Crippen LogP contribution is 2.25. The van der Waals surface area contributed by atoms with Gasteiger partial charge in [0.15, 0.2) is 0 Å². The highest BCUT2D eigenvalue weighted by molar-refractivity contribution is 5.90. The van der Waals surface area contributed by atoms with Crippen LogP contribution >= 0.6 is 0 Å². The minimum atomic E-state index is -0.648. The van der Waals surface area contributed by atoms with Gasteiger partial charge in [0, 0.05) is 32.2 Å².